The van der Waals surface area contributed by atoms with E-state index in [4.69, 9.17) is 4.74 Å². The number of aryl methyl sites for hydroxylation is 1. The first-order chi connectivity index (χ1) is 9.79. The highest BCUT2D eigenvalue weighted by Gasteiger charge is 2.16. The number of ether oxygens (including phenoxy) is 1. The van der Waals surface area contributed by atoms with Gasteiger partial charge in [0.15, 0.2) is 0 Å². The average molecular weight is 311 g/mol. The van der Waals surface area contributed by atoms with Crippen molar-refractivity contribution in [2.24, 2.45) is 0 Å². The fourth-order valence-electron chi connectivity index (χ4n) is 2.14. The lowest BCUT2D eigenvalue weighted by atomic mass is 10.1. The lowest BCUT2D eigenvalue weighted by Crippen LogP contribution is -2.41. The largest absolute Gasteiger partial charge is 0.492 e. The maximum atomic E-state index is 11.7. The van der Waals surface area contributed by atoms with Crippen LogP contribution in [0, 0.1) is 0 Å². The summed E-state index contributed by atoms with van der Waals surface area (Å²) in [4.78, 5) is 11.7. The normalized spacial score (nSPS) is 16.3. The van der Waals surface area contributed by atoms with Crippen molar-refractivity contribution < 1.29 is 9.53 Å². The van der Waals surface area contributed by atoms with Crippen LogP contribution in [0.5, 0.6) is 5.75 Å². The van der Waals surface area contributed by atoms with Crippen LogP contribution in [-0.2, 0) is 11.2 Å². The summed E-state index contributed by atoms with van der Waals surface area (Å²) in [5, 5.41) is 5.92. The molecule has 4 nitrogen and oxygen atoms in total. The Bertz CT molecular complexity index is 460. The van der Waals surface area contributed by atoms with Gasteiger partial charge in [-0.1, -0.05) is 37.6 Å². The minimum absolute atomic E-state index is 0. The molecule has 1 aliphatic rings. The lowest BCUT2D eigenvalue weighted by molar-refractivity contribution is -0.121. The van der Waals surface area contributed by atoms with E-state index in [0.29, 0.717) is 13.2 Å². The van der Waals surface area contributed by atoms with E-state index in [1.165, 1.54) is 5.56 Å². The van der Waals surface area contributed by atoms with Gasteiger partial charge in [0, 0.05) is 6.54 Å². The van der Waals surface area contributed by atoms with Crippen molar-refractivity contribution in [2.45, 2.75) is 25.8 Å². The Hall–Kier alpha value is -1.52. The molecule has 1 unspecified atom stereocenters. The van der Waals surface area contributed by atoms with Crippen LogP contribution >= 0.6 is 12.4 Å². The van der Waals surface area contributed by atoms with Crippen LogP contribution in [0.25, 0.3) is 0 Å². The van der Waals surface area contributed by atoms with Gasteiger partial charge in [-0.25, -0.2) is 0 Å². The lowest BCUT2D eigenvalue weighted by Gasteiger charge is -2.11. The molecule has 0 saturated heterocycles. The van der Waals surface area contributed by atoms with Crippen LogP contribution in [0.3, 0.4) is 0 Å². The number of carbonyl (C=O) groups excluding carboxylic acids is 1. The van der Waals surface area contributed by atoms with E-state index in [-0.39, 0.29) is 24.4 Å². The highest BCUT2D eigenvalue weighted by molar-refractivity contribution is 5.85. The second-order valence-corrected chi connectivity index (χ2v) is 4.85. The maximum absolute atomic E-state index is 11.7. The number of rotatable bonds is 7. The number of hydrogen-bond acceptors (Lipinski definition) is 3. The average Bonchev–Trinajstić information content (AvgIpc) is 3.00. The third-order valence-corrected chi connectivity index (χ3v) is 3.20. The van der Waals surface area contributed by atoms with E-state index < -0.39 is 0 Å². The zero-order valence-corrected chi connectivity index (χ0v) is 13.1. The van der Waals surface area contributed by atoms with Crippen LogP contribution < -0.4 is 15.4 Å². The molecule has 0 saturated carbocycles. The summed E-state index contributed by atoms with van der Waals surface area (Å²) < 4.78 is 5.60. The molecular formula is C16H23ClN2O2. The molecule has 116 valence electrons. The molecule has 0 radical (unpaired) electrons. The smallest absolute Gasteiger partial charge is 0.241 e. The molecule has 21 heavy (non-hydrogen) atoms. The Morgan fingerprint density at radius 1 is 1.38 bits per heavy atom. The molecule has 0 bridgehead atoms. The van der Waals surface area contributed by atoms with Crippen LogP contribution in [0.2, 0.25) is 0 Å². The molecule has 1 heterocycles. The molecule has 0 spiro atoms. The predicted molar refractivity (Wildman–Crippen MR) is 87.1 cm³/mol. The minimum Gasteiger partial charge on any atom is -0.492 e. The van der Waals surface area contributed by atoms with Crippen molar-refractivity contribution in [1.29, 1.82) is 0 Å². The predicted octanol–water partition coefficient (Wildman–Crippen LogP) is 2.08. The van der Waals surface area contributed by atoms with E-state index in [0.717, 1.165) is 25.1 Å². The van der Waals surface area contributed by atoms with Gasteiger partial charge in [-0.05, 0) is 24.1 Å². The number of nitrogens with one attached hydrogen (secondary N) is 2. The summed E-state index contributed by atoms with van der Waals surface area (Å²) >= 11 is 0. The number of amides is 1. The third-order valence-electron chi connectivity index (χ3n) is 3.20. The second-order valence-electron chi connectivity index (χ2n) is 4.85. The van der Waals surface area contributed by atoms with Crippen molar-refractivity contribution in [3.63, 3.8) is 0 Å². The molecule has 1 atom stereocenters. The van der Waals surface area contributed by atoms with Gasteiger partial charge in [-0.15, -0.1) is 12.4 Å². The molecule has 2 rings (SSSR count). The van der Waals surface area contributed by atoms with Gasteiger partial charge >= 0.3 is 0 Å². The fraction of sp³-hybridized carbons (Fsp3) is 0.438. The summed E-state index contributed by atoms with van der Waals surface area (Å²) in [6.45, 7) is 3.93. The van der Waals surface area contributed by atoms with Crippen LogP contribution in [-0.4, -0.2) is 31.6 Å². The molecule has 0 aromatic heterocycles. The summed E-state index contributed by atoms with van der Waals surface area (Å²) in [6.07, 6.45) is 6.08. The molecular weight excluding hydrogens is 288 g/mol. The van der Waals surface area contributed by atoms with E-state index in [1.807, 2.05) is 24.3 Å². The second kappa shape index (κ2) is 9.42. The van der Waals surface area contributed by atoms with Crippen LogP contribution in [0.15, 0.2) is 36.4 Å². The third kappa shape index (κ3) is 5.78. The highest BCUT2D eigenvalue weighted by atomic mass is 35.5. The zero-order valence-electron chi connectivity index (χ0n) is 12.3. The van der Waals surface area contributed by atoms with Gasteiger partial charge in [-0.2, -0.15) is 0 Å². The maximum Gasteiger partial charge on any atom is 0.241 e. The van der Waals surface area contributed by atoms with E-state index in [1.54, 1.807) is 0 Å². The van der Waals surface area contributed by atoms with Gasteiger partial charge < -0.3 is 10.1 Å². The summed E-state index contributed by atoms with van der Waals surface area (Å²) in [5.41, 5.74) is 1.33. The minimum atomic E-state index is -0.191. The molecule has 1 aromatic carbocycles. The quantitative estimate of drug-likeness (QED) is 0.599. The number of benzene rings is 1. The monoisotopic (exact) mass is 310 g/mol. The Labute approximate surface area is 132 Å². The molecule has 0 aliphatic carbocycles. The van der Waals surface area contributed by atoms with Gasteiger partial charge in [0.2, 0.25) is 5.91 Å². The van der Waals surface area contributed by atoms with Gasteiger partial charge in [0.25, 0.3) is 0 Å². The molecule has 0 fully saturated rings. The Morgan fingerprint density at radius 3 is 2.76 bits per heavy atom. The number of carbonyl (C=O) groups is 1. The van der Waals surface area contributed by atoms with Crippen molar-refractivity contribution >= 4 is 18.3 Å². The van der Waals surface area contributed by atoms with Crippen LogP contribution in [0.1, 0.15) is 18.9 Å². The zero-order chi connectivity index (χ0) is 14.2. The van der Waals surface area contributed by atoms with Crippen molar-refractivity contribution in [1.82, 2.24) is 10.6 Å². The number of hydrogen-bond donors (Lipinski definition) is 2. The Morgan fingerprint density at radius 2 is 2.14 bits per heavy atom. The SMILES string of the molecule is CCCc1ccc(OCCNC(=O)C2C=CCN2)cc1.Cl. The molecule has 2 N–H and O–H groups in total. The van der Waals surface area contributed by atoms with E-state index in [9.17, 15) is 4.79 Å². The van der Waals surface area contributed by atoms with Crippen molar-refractivity contribution in [3.05, 3.63) is 42.0 Å². The first-order valence-corrected chi connectivity index (χ1v) is 7.19. The molecule has 1 aromatic rings. The molecule has 5 heteroatoms. The van der Waals surface area contributed by atoms with Crippen molar-refractivity contribution in [3.8, 4) is 5.75 Å². The summed E-state index contributed by atoms with van der Waals surface area (Å²) in [7, 11) is 0. The molecule has 1 aliphatic heterocycles. The number of halogens is 1. The first kappa shape index (κ1) is 17.5. The summed E-state index contributed by atoms with van der Waals surface area (Å²) in [5.74, 6) is 0.846. The van der Waals surface area contributed by atoms with Gasteiger partial charge in [-0.3, -0.25) is 10.1 Å². The van der Waals surface area contributed by atoms with E-state index >= 15 is 0 Å². The molecule has 1 amide bonds. The van der Waals surface area contributed by atoms with E-state index in [2.05, 4.69) is 29.7 Å². The van der Waals surface area contributed by atoms with Crippen molar-refractivity contribution in [2.75, 3.05) is 19.7 Å². The standard InChI is InChI=1S/C16H22N2O2.ClH/c1-2-4-13-6-8-14(9-7-13)20-12-11-18-16(19)15-5-3-10-17-15;/h3,5-9,15,17H,2,4,10-12H2,1H3,(H,18,19);1H. The summed E-state index contributed by atoms with van der Waals surface area (Å²) in [6, 6.07) is 7.95. The highest BCUT2D eigenvalue weighted by Crippen LogP contribution is 2.13. The topological polar surface area (TPSA) is 50.4 Å². The van der Waals surface area contributed by atoms with Crippen LogP contribution in [0.4, 0.5) is 0 Å². The Kier molecular flexibility index (Phi) is 7.87. The first-order valence-electron chi connectivity index (χ1n) is 7.19. The van der Waals surface area contributed by atoms with Gasteiger partial charge in [0.05, 0.1) is 6.54 Å². The van der Waals surface area contributed by atoms with Gasteiger partial charge in [0.1, 0.15) is 18.4 Å². The Balaban J connectivity index is 0.00000220. The fourth-order valence-corrected chi connectivity index (χ4v) is 2.14.